The number of ether oxygens (including phenoxy) is 1. The lowest BCUT2D eigenvalue weighted by Gasteiger charge is -2.07. The third-order valence-corrected chi connectivity index (χ3v) is 4.65. The number of aromatic nitrogens is 2. The summed E-state index contributed by atoms with van der Waals surface area (Å²) in [5.41, 5.74) is 1.03. The summed E-state index contributed by atoms with van der Waals surface area (Å²) >= 11 is 19.6. The van der Waals surface area contributed by atoms with Crippen LogP contribution in [0.4, 0.5) is 0 Å². The fourth-order valence-corrected chi connectivity index (χ4v) is 3.26. The molecule has 0 spiro atoms. The van der Waals surface area contributed by atoms with Crippen LogP contribution in [-0.4, -0.2) is 22.5 Å². The van der Waals surface area contributed by atoms with E-state index in [0.717, 1.165) is 5.56 Å². The summed E-state index contributed by atoms with van der Waals surface area (Å²) in [5, 5.41) is 1.98. The van der Waals surface area contributed by atoms with Gasteiger partial charge >= 0.3 is 5.97 Å². The Bertz CT molecular complexity index is 661. The number of carbonyl (C=O) groups excluding carboxylic acids is 1. The summed E-state index contributed by atoms with van der Waals surface area (Å²) < 4.78 is 4.88. The number of H-pyrrole nitrogens is 1. The second-order valence-electron chi connectivity index (χ2n) is 3.93. The summed E-state index contributed by atoms with van der Waals surface area (Å²) in [6.07, 6.45) is 1.43. The minimum atomic E-state index is -0.435. The van der Waals surface area contributed by atoms with Crippen LogP contribution in [0.2, 0.25) is 15.1 Å². The molecule has 2 aromatic rings. The molecule has 0 unspecified atom stereocenters. The molecule has 112 valence electrons. The normalized spacial score (nSPS) is 10.7. The first kappa shape index (κ1) is 16.5. The predicted molar refractivity (Wildman–Crippen MR) is 85.6 cm³/mol. The number of hydrogen-bond acceptors (Lipinski definition) is 4. The van der Waals surface area contributed by atoms with Gasteiger partial charge in [-0.1, -0.05) is 46.6 Å². The van der Waals surface area contributed by atoms with E-state index in [4.69, 9.17) is 39.5 Å². The Morgan fingerprint density at radius 2 is 2.05 bits per heavy atom. The third-order valence-electron chi connectivity index (χ3n) is 2.54. The van der Waals surface area contributed by atoms with Crippen LogP contribution >= 0.6 is 46.6 Å². The van der Waals surface area contributed by atoms with Gasteiger partial charge in [-0.15, -0.1) is 0 Å². The highest BCUT2D eigenvalue weighted by molar-refractivity contribution is 7.98. The summed E-state index contributed by atoms with van der Waals surface area (Å²) in [6, 6.07) is 3.34. The SMILES string of the molecule is CCOC(=O)c1cnc(SCc2c(Cl)ccc(Cl)c2Cl)[nH]1. The van der Waals surface area contributed by atoms with Crippen molar-refractivity contribution >= 4 is 52.5 Å². The van der Waals surface area contributed by atoms with Crippen molar-refractivity contribution < 1.29 is 9.53 Å². The minimum Gasteiger partial charge on any atom is -0.461 e. The molecule has 0 aliphatic carbocycles. The number of thioether (sulfide) groups is 1. The van der Waals surface area contributed by atoms with Gasteiger partial charge < -0.3 is 9.72 Å². The van der Waals surface area contributed by atoms with E-state index in [0.29, 0.717) is 38.3 Å². The van der Waals surface area contributed by atoms with Gasteiger partial charge in [0.05, 0.1) is 22.8 Å². The molecule has 0 aliphatic rings. The summed E-state index contributed by atoms with van der Waals surface area (Å²) in [6.45, 7) is 2.06. The average Bonchev–Trinajstić information content (AvgIpc) is 2.92. The van der Waals surface area contributed by atoms with E-state index in [-0.39, 0.29) is 0 Å². The van der Waals surface area contributed by atoms with Gasteiger partial charge in [-0.05, 0) is 19.1 Å². The Morgan fingerprint density at radius 3 is 2.76 bits per heavy atom. The highest BCUT2D eigenvalue weighted by Gasteiger charge is 2.13. The van der Waals surface area contributed by atoms with Crippen molar-refractivity contribution in [2.45, 2.75) is 17.8 Å². The zero-order valence-electron chi connectivity index (χ0n) is 11.0. The van der Waals surface area contributed by atoms with Gasteiger partial charge in [0.15, 0.2) is 5.16 Å². The first-order chi connectivity index (χ1) is 10.0. The van der Waals surface area contributed by atoms with Gasteiger partial charge in [-0.2, -0.15) is 0 Å². The molecule has 0 saturated carbocycles. The first-order valence-corrected chi connectivity index (χ1v) is 8.12. The number of halogens is 3. The molecule has 0 aliphatic heterocycles. The molecule has 8 heteroatoms. The van der Waals surface area contributed by atoms with Gasteiger partial charge in [0.2, 0.25) is 0 Å². The highest BCUT2D eigenvalue weighted by atomic mass is 35.5. The monoisotopic (exact) mass is 364 g/mol. The molecule has 1 aromatic heterocycles. The predicted octanol–water partition coefficient (Wildman–Crippen LogP) is 4.84. The zero-order valence-corrected chi connectivity index (χ0v) is 14.0. The van der Waals surface area contributed by atoms with Crippen LogP contribution in [0, 0.1) is 0 Å². The molecular weight excluding hydrogens is 355 g/mol. The molecule has 21 heavy (non-hydrogen) atoms. The second kappa shape index (κ2) is 7.40. The van der Waals surface area contributed by atoms with Crippen molar-refractivity contribution in [3.8, 4) is 0 Å². The van der Waals surface area contributed by atoms with E-state index in [1.807, 2.05) is 0 Å². The smallest absolute Gasteiger partial charge is 0.356 e. The van der Waals surface area contributed by atoms with E-state index < -0.39 is 5.97 Å². The highest BCUT2D eigenvalue weighted by Crippen LogP contribution is 2.35. The molecule has 1 aromatic carbocycles. The Balaban J connectivity index is 2.07. The van der Waals surface area contributed by atoms with Gasteiger partial charge in [-0.3, -0.25) is 0 Å². The van der Waals surface area contributed by atoms with Crippen LogP contribution in [-0.2, 0) is 10.5 Å². The molecule has 1 heterocycles. The molecule has 4 nitrogen and oxygen atoms in total. The van der Waals surface area contributed by atoms with Crippen molar-refractivity contribution in [3.63, 3.8) is 0 Å². The Hall–Kier alpha value is -0.880. The standard InChI is InChI=1S/C13H11Cl3N2O2S/c1-2-20-12(19)10-5-17-13(18-10)21-6-7-8(14)3-4-9(15)11(7)16/h3-5H,2,6H2,1H3,(H,17,18). The van der Waals surface area contributed by atoms with E-state index >= 15 is 0 Å². The summed E-state index contributed by atoms with van der Waals surface area (Å²) in [7, 11) is 0. The quantitative estimate of drug-likeness (QED) is 0.468. The fourth-order valence-electron chi connectivity index (χ4n) is 1.53. The lowest BCUT2D eigenvalue weighted by atomic mass is 10.2. The molecule has 0 radical (unpaired) electrons. The van der Waals surface area contributed by atoms with E-state index in [9.17, 15) is 4.79 Å². The molecule has 0 atom stereocenters. The molecule has 2 rings (SSSR count). The number of benzene rings is 1. The molecule has 0 bridgehead atoms. The fraction of sp³-hybridized carbons (Fsp3) is 0.231. The van der Waals surface area contributed by atoms with Crippen molar-refractivity contribution in [1.82, 2.24) is 9.97 Å². The largest absolute Gasteiger partial charge is 0.461 e. The summed E-state index contributed by atoms with van der Waals surface area (Å²) in [5.74, 6) is 0.0456. The zero-order chi connectivity index (χ0) is 15.4. The third kappa shape index (κ3) is 4.07. The Morgan fingerprint density at radius 1 is 1.33 bits per heavy atom. The van der Waals surface area contributed by atoms with Crippen molar-refractivity contribution in [2.75, 3.05) is 6.61 Å². The number of hydrogen-bond donors (Lipinski definition) is 1. The summed E-state index contributed by atoms with van der Waals surface area (Å²) in [4.78, 5) is 18.5. The van der Waals surface area contributed by atoms with Gasteiger partial charge in [0, 0.05) is 16.3 Å². The van der Waals surface area contributed by atoms with Gasteiger partial charge in [-0.25, -0.2) is 9.78 Å². The van der Waals surface area contributed by atoms with Crippen LogP contribution in [0.25, 0.3) is 0 Å². The van der Waals surface area contributed by atoms with Crippen LogP contribution in [0.1, 0.15) is 23.0 Å². The molecule has 1 N–H and O–H groups in total. The van der Waals surface area contributed by atoms with Crippen molar-refractivity contribution in [1.29, 1.82) is 0 Å². The van der Waals surface area contributed by atoms with Gasteiger partial charge in [0.25, 0.3) is 0 Å². The number of esters is 1. The van der Waals surface area contributed by atoms with Crippen LogP contribution in [0.3, 0.4) is 0 Å². The number of aromatic amines is 1. The number of imidazole rings is 1. The van der Waals surface area contributed by atoms with Crippen LogP contribution in [0.15, 0.2) is 23.5 Å². The maximum Gasteiger partial charge on any atom is 0.356 e. The van der Waals surface area contributed by atoms with E-state index in [2.05, 4.69) is 9.97 Å². The van der Waals surface area contributed by atoms with E-state index in [1.165, 1.54) is 18.0 Å². The molecule has 0 fully saturated rings. The molecule has 0 amide bonds. The lowest BCUT2D eigenvalue weighted by Crippen LogP contribution is -2.04. The van der Waals surface area contributed by atoms with E-state index in [1.54, 1.807) is 19.1 Å². The average molecular weight is 366 g/mol. The van der Waals surface area contributed by atoms with Gasteiger partial charge in [0.1, 0.15) is 5.69 Å². The first-order valence-electron chi connectivity index (χ1n) is 6.00. The second-order valence-corrected chi connectivity index (χ2v) is 6.09. The number of carbonyl (C=O) groups is 1. The number of nitrogens with zero attached hydrogens (tertiary/aromatic N) is 1. The number of rotatable bonds is 5. The topological polar surface area (TPSA) is 55.0 Å². The maximum atomic E-state index is 11.5. The minimum absolute atomic E-state index is 0.308. The molecule has 0 saturated heterocycles. The van der Waals surface area contributed by atoms with Crippen molar-refractivity contribution in [3.05, 3.63) is 44.7 Å². The molecular formula is C13H11Cl3N2O2S. The Kier molecular flexibility index (Phi) is 5.81. The van der Waals surface area contributed by atoms with Crippen LogP contribution in [0.5, 0.6) is 0 Å². The van der Waals surface area contributed by atoms with Crippen molar-refractivity contribution in [2.24, 2.45) is 0 Å². The van der Waals surface area contributed by atoms with Crippen LogP contribution < -0.4 is 0 Å². The Labute approximate surface area is 141 Å². The maximum absolute atomic E-state index is 11.5. The number of nitrogens with one attached hydrogen (secondary N) is 1. The lowest BCUT2D eigenvalue weighted by molar-refractivity contribution is 0.0519.